The Bertz CT molecular complexity index is 90.9. The molecular formula is C7H15OP. The minimum absolute atomic E-state index is 0.234. The molecule has 1 nitrogen and oxygen atoms in total. The van der Waals surface area contributed by atoms with Crippen molar-refractivity contribution in [1.29, 1.82) is 0 Å². The topological polar surface area (TPSA) is 12.5 Å². The van der Waals surface area contributed by atoms with Gasteiger partial charge in [0.1, 0.15) is 5.85 Å². The Morgan fingerprint density at radius 3 is 1.89 bits per heavy atom. The van der Waals surface area contributed by atoms with Crippen molar-refractivity contribution in [3.63, 3.8) is 0 Å². The molecule has 1 aliphatic rings. The quantitative estimate of drug-likeness (QED) is 0.439. The third-order valence-electron chi connectivity index (χ3n) is 1.85. The Morgan fingerprint density at radius 1 is 1.33 bits per heavy atom. The van der Waals surface area contributed by atoms with E-state index in [2.05, 4.69) is 20.8 Å². The van der Waals surface area contributed by atoms with Crippen LogP contribution in [0.3, 0.4) is 0 Å². The molecule has 0 radical (unpaired) electrons. The zero-order valence-corrected chi connectivity index (χ0v) is 7.32. The van der Waals surface area contributed by atoms with Crippen LogP contribution < -0.4 is 0 Å². The molecule has 2 heteroatoms. The highest BCUT2D eigenvalue weighted by Gasteiger charge is 2.38. The Balaban J connectivity index is 2.23. The van der Waals surface area contributed by atoms with Gasteiger partial charge in [0.05, 0.1) is 6.10 Å². The number of epoxide rings is 1. The van der Waals surface area contributed by atoms with Gasteiger partial charge >= 0.3 is 0 Å². The lowest BCUT2D eigenvalue weighted by atomic mass is 10.6. The first-order valence-corrected chi connectivity index (χ1v) is 5.47. The van der Waals surface area contributed by atoms with Crippen LogP contribution in [0.15, 0.2) is 0 Å². The van der Waals surface area contributed by atoms with E-state index in [0.29, 0.717) is 11.9 Å². The van der Waals surface area contributed by atoms with Crippen molar-refractivity contribution in [2.24, 2.45) is 0 Å². The van der Waals surface area contributed by atoms with Crippen molar-refractivity contribution in [2.75, 3.05) is 12.3 Å². The molecule has 1 aliphatic heterocycles. The molecule has 0 aromatic carbocycles. The molecule has 1 rings (SSSR count). The predicted octanol–water partition coefficient (Wildman–Crippen LogP) is 2.25. The highest BCUT2D eigenvalue weighted by molar-refractivity contribution is 7.58. The Labute approximate surface area is 58.5 Å². The lowest BCUT2D eigenvalue weighted by molar-refractivity contribution is 0.411. The van der Waals surface area contributed by atoms with E-state index in [-0.39, 0.29) is 7.92 Å². The smallest absolute Gasteiger partial charge is 0.103 e. The lowest BCUT2D eigenvalue weighted by Gasteiger charge is -2.07. The first-order chi connectivity index (χ1) is 4.29. The maximum absolute atomic E-state index is 5.39. The summed E-state index contributed by atoms with van der Waals surface area (Å²) in [5, 5.41) is 0. The third kappa shape index (κ3) is 1.65. The molecule has 0 aromatic heterocycles. The second-order valence-corrected chi connectivity index (χ2v) is 5.40. The minimum Gasteiger partial charge on any atom is -0.365 e. The van der Waals surface area contributed by atoms with Gasteiger partial charge < -0.3 is 4.74 Å². The average Bonchev–Trinajstić information content (AvgIpc) is 2.51. The first-order valence-electron chi connectivity index (χ1n) is 3.69. The molecule has 1 saturated heterocycles. The minimum atomic E-state index is 0.234. The van der Waals surface area contributed by atoms with E-state index in [1.807, 2.05) is 0 Å². The summed E-state index contributed by atoms with van der Waals surface area (Å²) < 4.78 is 5.39. The van der Waals surface area contributed by atoms with E-state index < -0.39 is 0 Å². The fraction of sp³-hybridized carbons (Fsp3) is 1.00. The van der Waals surface area contributed by atoms with Gasteiger partial charge in [0.15, 0.2) is 0 Å². The monoisotopic (exact) mass is 146 g/mol. The van der Waals surface area contributed by atoms with E-state index in [4.69, 9.17) is 4.74 Å². The zero-order chi connectivity index (χ0) is 6.85. The van der Waals surface area contributed by atoms with E-state index in [1.165, 1.54) is 12.3 Å². The number of hydrogen-bond donors (Lipinski definition) is 0. The summed E-state index contributed by atoms with van der Waals surface area (Å²) in [4.78, 5) is 0. The van der Waals surface area contributed by atoms with Crippen LogP contribution in [0.2, 0.25) is 0 Å². The summed E-state index contributed by atoms with van der Waals surface area (Å²) in [5.74, 6) is 0.662. The van der Waals surface area contributed by atoms with Gasteiger partial charge in [-0.15, -0.1) is 0 Å². The van der Waals surface area contributed by atoms with Crippen molar-refractivity contribution in [3.8, 4) is 0 Å². The SMILES string of the molecule is CCP(CC)C1OC1C. The van der Waals surface area contributed by atoms with E-state index in [0.717, 1.165) is 0 Å². The van der Waals surface area contributed by atoms with Crippen molar-refractivity contribution in [2.45, 2.75) is 32.7 Å². The van der Waals surface area contributed by atoms with Crippen molar-refractivity contribution < 1.29 is 4.74 Å². The molecule has 0 aliphatic carbocycles. The van der Waals surface area contributed by atoms with Crippen molar-refractivity contribution in [3.05, 3.63) is 0 Å². The molecular weight excluding hydrogens is 131 g/mol. The molecule has 1 heterocycles. The van der Waals surface area contributed by atoms with Gasteiger partial charge in [-0.3, -0.25) is 0 Å². The molecule has 9 heavy (non-hydrogen) atoms. The number of rotatable bonds is 3. The van der Waals surface area contributed by atoms with Gasteiger partial charge in [0.25, 0.3) is 0 Å². The molecule has 0 amide bonds. The molecule has 0 saturated carbocycles. The molecule has 1 fully saturated rings. The Morgan fingerprint density at radius 2 is 1.78 bits per heavy atom. The van der Waals surface area contributed by atoms with Gasteiger partial charge in [-0.25, -0.2) is 0 Å². The van der Waals surface area contributed by atoms with Crippen LogP contribution >= 0.6 is 7.92 Å². The second kappa shape index (κ2) is 2.98. The Hall–Kier alpha value is 0.390. The lowest BCUT2D eigenvalue weighted by Crippen LogP contribution is -1.92. The van der Waals surface area contributed by atoms with Crippen LogP contribution in [0.1, 0.15) is 20.8 Å². The van der Waals surface area contributed by atoms with E-state index in [1.54, 1.807) is 0 Å². The van der Waals surface area contributed by atoms with E-state index >= 15 is 0 Å². The predicted molar refractivity (Wildman–Crippen MR) is 42.3 cm³/mol. The highest BCUT2D eigenvalue weighted by atomic mass is 31.1. The van der Waals surface area contributed by atoms with Crippen LogP contribution in [0.5, 0.6) is 0 Å². The van der Waals surface area contributed by atoms with Crippen molar-refractivity contribution >= 4 is 7.92 Å². The molecule has 54 valence electrons. The van der Waals surface area contributed by atoms with Crippen LogP contribution in [-0.4, -0.2) is 24.3 Å². The maximum Gasteiger partial charge on any atom is 0.103 e. The first kappa shape index (κ1) is 7.50. The summed E-state index contributed by atoms with van der Waals surface area (Å²) in [5.41, 5.74) is 0. The molecule has 0 spiro atoms. The van der Waals surface area contributed by atoms with E-state index in [9.17, 15) is 0 Å². The van der Waals surface area contributed by atoms with Gasteiger partial charge in [0.2, 0.25) is 0 Å². The van der Waals surface area contributed by atoms with Crippen LogP contribution in [-0.2, 0) is 4.74 Å². The molecule has 0 aromatic rings. The summed E-state index contributed by atoms with van der Waals surface area (Å²) >= 11 is 0. The standard InChI is InChI=1S/C7H15OP/c1-4-9(5-2)7-6(3)8-7/h6-7H,4-5H2,1-3H3. The number of hydrogen-bond acceptors (Lipinski definition) is 1. The Kier molecular flexibility index (Phi) is 2.49. The maximum atomic E-state index is 5.39. The zero-order valence-electron chi connectivity index (χ0n) is 6.42. The fourth-order valence-electron chi connectivity index (χ4n) is 1.14. The summed E-state index contributed by atoms with van der Waals surface area (Å²) in [6.07, 6.45) is 3.25. The molecule has 2 unspecified atom stereocenters. The molecule has 0 bridgehead atoms. The van der Waals surface area contributed by atoms with Gasteiger partial charge in [0, 0.05) is 0 Å². The summed E-state index contributed by atoms with van der Waals surface area (Å²) in [6, 6.07) is 0. The van der Waals surface area contributed by atoms with Crippen LogP contribution in [0, 0.1) is 0 Å². The average molecular weight is 146 g/mol. The third-order valence-corrected chi connectivity index (χ3v) is 4.74. The van der Waals surface area contributed by atoms with Gasteiger partial charge in [-0.2, -0.15) is 0 Å². The normalized spacial score (nSPS) is 33.3. The summed E-state index contributed by atoms with van der Waals surface area (Å²) in [7, 11) is 0.234. The fourth-order valence-corrected chi connectivity index (χ4v) is 3.27. The summed E-state index contributed by atoms with van der Waals surface area (Å²) in [6.45, 7) is 6.71. The van der Waals surface area contributed by atoms with Crippen LogP contribution in [0.25, 0.3) is 0 Å². The van der Waals surface area contributed by atoms with Crippen LogP contribution in [0.4, 0.5) is 0 Å². The van der Waals surface area contributed by atoms with Gasteiger partial charge in [-0.1, -0.05) is 21.8 Å². The molecule has 0 N–H and O–H groups in total. The van der Waals surface area contributed by atoms with Gasteiger partial charge in [-0.05, 0) is 19.2 Å². The number of ether oxygens (including phenoxy) is 1. The highest BCUT2D eigenvalue weighted by Crippen LogP contribution is 2.51. The van der Waals surface area contributed by atoms with Crippen molar-refractivity contribution in [1.82, 2.24) is 0 Å². The second-order valence-electron chi connectivity index (χ2n) is 2.45. The largest absolute Gasteiger partial charge is 0.365 e. The molecule has 2 atom stereocenters.